The maximum atomic E-state index is 11.6. The summed E-state index contributed by atoms with van der Waals surface area (Å²) in [5, 5.41) is 0. The first-order valence-corrected chi connectivity index (χ1v) is 5.64. The minimum Gasteiger partial charge on any atom is -0.504 e. The van der Waals surface area contributed by atoms with Crippen molar-refractivity contribution in [1.29, 1.82) is 0 Å². The van der Waals surface area contributed by atoms with Crippen molar-refractivity contribution in [2.24, 2.45) is 5.92 Å². The number of hydrogen-bond acceptors (Lipinski definition) is 3. The molecule has 0 spiro atoms. The molecule has 2 atom stereocenters. The number of methoxy groups -OCH3 is 2. The Morgan fingerprint density at radius 3 is 2.59 bits per heavy atom. The van der Waals surface area contributed by atoms with Gasteiger partial charge in [0, 0.05) is 5.92 Å². The van der Waals surface area contributed by atoms with Crippen LogP contribution in [0.1, 0.15) is 17.9 Å². The zero-order chi connectivity index (χ0) is 12.3. The lowest BCUT2D eigenvalue weighted by molar-refractivity contribution is -0.136. The van der Waals surface area contributed by atoms with Crippen LogP contribution in [0.25, 0.3) is 0 Å². The first-order chi connectivity index (χ1) is 8.27. The van der Waals surface area contributed by atoms with Gasteiger partial charge >= 0.3 is 5.97 Å². The Hall–Kier alpha value is -1.77. The lowest BCUT2D eigenvalue weighted by atomic mass is 10.1. The first-order valence-electron chi connectivity index (χ1n) is 5.64. The zero-order valence-corrected chi connectivity index (χ0v) is 10.1. The Morgan fingerprint density at radius 1 is 1.29 bits per heavy atom. The molecule has 0 radical (unpaired) electrons. The van der Waals surface area contributed by atoms with E-state index in [1.54, 1.807) is 7.11 Å². The fourth-order valence-corrected chi connectivity index (χ4v) is 2.14. The minimum atomic E-state index is -0.296. The van der Waals surface area contributed by atoms with Gasteiger partial charge in [-0.25, -0.2) is 4.79 Å². The van der Waals surface area contributed by atoms with Crippen molar-refractivity contribution in [3.8, 4) is 0 Å². The summed E-state index contributed by atoms with van der Waals surface area (Å²) in [6.45, 7) is 0. The predicted octanol–water partition coefficient (Wildman–Crippen LogP) is 2.49. The van der Waals surface area contributed by atoms with Gasteiger partial charge in [-0.1, -0.05) is 30.3 Å². The Balaban J connectivity index is 2.11. The van der Waals surface area contributed by atoms with Crippen LogP contribution in [0, 0.1) is 5.92 Å². The van der Waals surface area contributed by atoms with E-state index in [0.717, 1.165) is 6.42 Å². The zero-order valence-electron chi connectivity index (χ0n) is 10.1. The summed E-state index contributed by atoms with van der Waals surface area (Å²) in [6, 6.07) is 10.2. The van der Waals surface area contributed by atoms with E-state index in [4.69, 9.17) is 9.47 Å². The largest absolute Gasteiger partial charge is 0.504 e. The lowest BCUT2D eigenvalue weighted by Crippen LogP contribution is -2.07. The van der Waals surface area contributed by atoms with Gasteiger partial charge in [0.05, 0.1) is 26.1 Å². The maximum Gasteiger partial charge on any atom is 0.337 e. The highest BCUT2D eigenvalue weighted by molar-refractivity contribution is 5.89. The summed E-state index contributed by atoms with van der Waals surface area (Å²) in [5.74, 6) is 0.344. The standard InChI is InChI=1S/C14H16O3/c1-16-9-13(14(15)17-2)12-8-11(12)10-6-4-3-5-7-10/h3-7,9,11-12H,8H2,1-2H3/b13-9-. The molecule has 90 valence electrons. The van der Waals surface area contributed by atoms with E-state index in [0.29, 0.717) is 11.5 Å². The van der Waals surface area contributed by atoms with Crippen molar-refractivity contribution in [3.63, 3.8) is 0 Å². The van der Waals surface area contributed by atoms with Crippen molar-refractivity contribution in [2.75, 3.05) is 14.2 Å². The molecule has 0 N–H and O–H groups in total. The van der Waals surface area contributed by atoms with Crippen molar-refractivity contribution in [1.82, 2.24) is 0 Å². The second kappa shape index (κ2) is 5.04. The minimum absolute atomic E-state index is 0.227. The Bertz CT molecular complexity index is 422. The van der Waals surface area contributed by atoms with Crippen molar-refractivity contribution < 1.29 is 14.3 Å². The third-order valence-electron chi connectivity index (χ3n) is 3.08. The molecule has 2 unspecified atom stereocenters. The molecule has 0 bridgehead atoms. The molecular weight excluding hydrogens is 216 g/mol. The molecule has 0 amide bonds. The van der Waals surface area contributed by atoms with Gasteiger partial charge in [-0.2, -0.15) is 0 Å². The van der Waals surface area contributed by atoms with Crippen molar-refractivity contribution in [2.45, 2.75) is 12.3 Å². The Morgan fingerprint density at radius 2 is 2.00 bits per heavy atom. The summed E-state index contributed by atoms with van der Waals surface area (Å²) in [7, 11) is 2.94. The second-order valence-corrected chi connectivity index (χ2v) is 4.16. The highest BCUT2D eigenvalue weighted by Crippen LogP contribution is 2.51. The fraction of sp³-hybridized carbons (Fsp3) is 0.357. The van der Waals surface area contributed by atoms with Crippen LogP contribution < -0.4 is 0 Å². The number of hydrogen-bond donors (Lipinski definition) is 0. The number of carbonyl (C=O) groups is 1. The maximum absolute atomic E-state index is 11.6. The van der Waals surface area contributed by atoms with Crippen LogP contribution >= 0.6 is 0 Å². The van der Waals surface area contributed by atoms with Gasteiger partial charge < -0.3 is 9.47 Å². The number of rotatable bonds is 4. The molecule has 2 rings (SSSR count). The Kier molecular flexibility index (Phi) is 3.47. The van der Waals surface area contributed by atoms with Crippen LogP contribution in [0.3, 0.4) is 0 Å². The van der Waals surface area contributed by atoms with Gasteiger partial charge in [-0.15, -0.1) is 0 Å². The van der Waals surface area contributed by atoms with Crippen LogP contribution in [-0.2, 0) is 14.3 Å². The van der Waals surface area contributed by atoms with E-state index >= 15 is 0 Å². The summed E-state index contributed by atoms with van der Waals surface area (Å²) in [6.07, 6.45) is 2.48. The van der Waals surface area contributed by atoms with E-state index in [9.17, 15) is 4.79 Å². The summed E-state index contributed by atoms with van der Waals surface area (Å²) >= 11 is 0. The van der Waals surface area contributed by atoms with Gasteiger partial charge in [0.1, 0.15) is 0 Å². The van der Waals surface area contributed by atoms with Crippen LogP contribution in [0.5, 0.6) is 0 Å². The highest BCUT2D eigenvalue weighted by Gasteiger charge is 2.44. The molecule has 1 aromatic rings. The molecular formula is C14H16O3. The van der Waals surface area contributed by atoms with E-state index in [-0.39, 0.29) is 11.9 Å². The average molecular weight is 232 g/mol. The molecule has 3 nitrogen and oxygen atoms in total. The van der Waals surface area contributed by atoms with Gasteiger partial charge in [0.25, 0.3) is 0 Å². The second-order valence-electron chi connectivity index (χ2n) is 4.16. The molecule has 0 aliphatic heterocycles. The molecule has 0 saturated heterocycles. The molecule has 17 heavy (non-hydrogen) atoms. The first kappa shape index (κ1) is 11.7. The normalized spacial score (nSPS) is 23.1. The molecule has 1 aliphatic rings. The van der Waals surface area contributed by atoms with E-state index in [2.05, 4.69) is 12.1 Å². The molecule has 1 fully saturated rings. The Labute approximate surface area is 101 Å². The number of benzene rings is 1. The predicted molar refractivity (Wildman–Crippen MR) is 64.4 cm³/mol. The number of esters is 1. The van der Waals surface area contributed by atoms with E-state index < -0.39 is 0 Å². The van der Waals surface area contributed by atoms with Crippen molar-refractivity contribution >= 4 is 5.97 Å². The van der Waals surface area contributed by atoms with Crippen LogP contribution in [0.15, 0.2) is 42.2 Å². The quantitative estimate of drug-likeness (QED) is 0.454. The third-order valence-corrected chi connectivity index (χ3v) is 3.08. The fourth-order valence-electron chi connectivity index (χ4n) is 2.14. The van der Waals surface area contributed by atoms with E-state index in [1.165, 1.54) is 18.9 Å². The molecule has 3 heteroatoms. The summed E-state index contributed by atoms with van der Waals surface area (Å²) in [4.78, 5) is 11.6. The van der Waals surface area contributed by atoms with Gasteiger partial charge in [-0.3, -0.25) is 0 Å². The van der Waals surface area contributed by atoms with Crippen LogP contribution in [-0.4, -0.2) is 20.2 Å². The average Bonchev–Trinajstić information content (AvgIpc) is 3.16. The van der Waals surface area contributed by atoms with Gasteiger partial charge in [0.2, 0.25) is 0 Å². The third kappa shape index (κ3) is 2.49. The molecule has 1 saturated carbocycles. The van der Waals surface area contributed by atoms with E-state index in [1.807, 2.05) is 18.2 Å². The molecule has 0 aromatic heterocycles. The molecule has 1 aliphatic carbocycles. The monoisotopic (exact) mass is 232 g/mol. The summed E-state index contributed by atoms with van der Waals surface area (Å²) in [5.41, 5.74) is 1.90. The number of carbonyl (C=O) groups excluding carboxylic acids is 1. The lowest BCUT2D eigenvalue weighted by Gasteiger charge is -2.04. The molecule has 0 heterocycles. The van der Waals surface area contributed by atoms with Gasteiger partial charge in [0.15, 0.2) is 0 Å². The molecule has 1 aromatic carbocycles. The van der Waals surface area contributed by atoms with Crippen LogP contribution in [0.2, 0.25) is 0 Å². The van der Waals surface area contributed by atoms with Crippen molar-refractivity contribution in [3.05, 3.63) is 47.7 Å². The smallest absolute Gasteiger partial charge is 0.337 e. The highest BCUT2D eigenvalue weighted by atomic mass is 16.5. The van der Waals surface area contributed by atoms with Crippen LogP contribution in [0.4, 0.5) is 0 Å². The summed E-state index contributed by atoms with van der Waals surface area (Å²) < 4.78 is 9.71. The topological polar surface area (TPSA) is 35.5 Å². The number of ether oxygens (including phenoxy) is 2. The van der Waals surface area contributed by atoms with Gasteiger partial charge in [-0.05, 0) is 17.9 Å². The SMILES string of the molecule is CO/C=C(\C(=O)OC)C1CC1c1ccccc1.